The van der Waals surface area contributed by atoms with Gasteiger partial charge >= 0.3 is 0 Å². The summed E-state index contributed by atoms with van der Waals surface area (Å²) in [5.41, 5.74) is 1.61. The number of rotatable bonds is 8. The second-order valence-corrected chi connectivity index (χ2v) is 9.20. The van der Waals surface area contributed by atoms with E-state index in [1.807, 2.05) is 0 Å². The lowest BCUT2D eigenvalue weighted by Crippen LogP contribution is -2.44. The Bertz CT molecular complexity index is 1130. The van der Waals surface area contributed by atoms with E-state index in [4.69, 9.17) is 0 Å². The van der Waals surface area contributed by atoms with Crippen LogP contribution in [-0.2, 0) is 16.6 Å². The van der Waals surface area contributed by atoms with Crippen molar-refractivity contribution >= 4 is 27.5 Å². The standard InChI is InChI=1S/C22H25FN6O2S/c23-18-6-8-19(9-7-18)26-21-12-13-24-22(27-21)25-16-17-4-10-20(11-5-17)32(30,31)28-29-14-2-1-3-15-29/h4-13,28H,1-3,14-16H2,(H2,24,25,26,27). The average molecular weight is 457 g/mol. The number of nitrogens with zero attached hydrogens (tertiary/aromatic N) is 3. The van der Waals surface area contributed by atoms with Gasteiger partial charge in [0, 0.05) is 31.5 Å². The van der Waals surface area contributed by atoms with Gasteiger partial charge in [-0.2, -0.15) is 4.98 Å². The van der Waals surface area contributed by atoms with E-state index in [1.165, 1.54) is 12.1 Å². The summed E-state index contributed by atoms with van der Waals surface area (Å²) in [6.45, 7) is 1.90. The van der Waals surface area contributed by atoms with Crippen LogP contribution in [-0.4, -0.2) is 36.5 Å². The number of hydrazine groups is 1. The lowest BCUT2D eigenvalue weighted by Gasteiger charge is -2.26. The third kappa shape index (κ3) is 6.00. The molecule has 1 aliphatic rings. The predicted octanol–water partition coefficient (Wildman–Crippen LogP) is 3.65. The van der Waals surface area contributed by atoms with E-state index in [-0.39, 0.29) is 10.7 Å². The van der Waals surface area contributed by atoms with E-state index in [2.05, 4.69) is 25.4 Å². The van der Waals surface area contributed by atoms with E-state index < -0.39 is 10.0 Å². The fraction of sp³-hybridized carbons (Fsp3) is 0.273. The van der Waals surface area contributed by atoms with Crippen LogP contribution in [0.4, 0.5) is 21.8 Å². The molecule has 0 saturated carbocycles. The minimum absolute atomic E-state index is 0.230. The summed E-state index contributed by atoms with van der Waals surface area (Å²) in [5, 5.41) is 7.98. The van der Waals surface area contributed by atoms with Crippen molar-refractivity contribution in [1.82, 2.24) is 19.8 Å². The summed E-state index contributed by atoms with van der Waals surface area (Å²) >= 11 is 0. The Balaban J connectivity index is 1.34. The zero-order chi connectivity index (χ0) is 22.4. The van der Waals surface area contributed by atoms with Gasteiger partial charge in [-0.25, -0.2) is 22.8 Å². The summed E-state index contributed by atoms with van der Waals surface area (Å²) in [4.78, 5) is 11.5. The lowest BCUT2D eigenvalue weighted by molar-refractivity contribution is 0.200. The van der Waals surface area contributed by atoms with E-state index in [1.54, 1.807) is 53.7 Å². The van der Waals surface area contributed by atoms with Crippen molar-refractivity contribution in [3.63, 3.8) is 0 Å². The number of sulfonamides is 1. The van der Waals surface area contributed by atoms with Gasteiger partial charge in [0.05, 0.1) is 4.90 Å². The van der Waals surface area contributed by atoms with Crippen LogP contribution >= 0.6 is 0 Å². The molecule has 1 aliphatic heterocycles. The van der Waals surface area contributed by atoms with Gasteiger partial charge in [-0.05, 0) is 60.9 Å². The van der Waals surface area contributed by atoms with Crippen molar-refractivity contribution in [2.24, 2.45) is 0 Å². The van der Waals surface area contributed by atoms with Crippen molar-refractivity contribution in [2.45, 2.75) is 30.7 Å². The number of anilines is 3. The Labute approximate surface area is 186 Å². The van der Waals surface area contributed by atoms with Gasteiger partial charge < -0.3 is 10.6 Å². The number of aromatic nitrogens is 2. The molecule has 0 bridgehead atoms. The molecule has 4 rings (SSSR count). The van der Waals surface area contributed by atoms with Crippen molar-refractivity contribution in [3.8, 4) is 0 Å². The lowest BCUT2D eigenvalue weighted by atomic mass is 10.2. The van der Waals surface area contributed by atoms with Crippen LogP contribution < -0.4 is 15.5 Å². The second-order valence-electron chi connectivity index (χ2n) is 7.54. The maximum Gasteiger partial charge on any atom is 0.253 e. The Hall–Kier alpha value is -3.08. The number of benzene rings is 2. The summed E-state index contributed by atoms with van der Waals surface area (Å²) in [6, 6.07) is 14.4. The molecule has 10 heteroatoms. The smallest absolute Gasteiger partial charge is 0.253 e. The van der Waals surface area contributed by atoms with Crippen LogP contribution in [0.2, 0.25) is 0 Å². The van der Waals surface area contributed by atoms with Crippen molar-refractivity contribution in [3.05, 3.63) is 72.2 Å². The molecule has 3 N–H and O–H groups in total. The van der Waals surface area contributed by atoms with Gasteiger partial charge in [0.1, 0.15) is 11.6 Å². The first kappa shape index (κ1) is 22.1. The van der Waals surface area contributed by atoms with E-state index in [0.29, 0.717) is 24.0 Å². The highest BCUT2D eigenvalue weighted by atomic mass is 32.2. The monoisotopic (exact) mass is 456 g/mol. The van der Waals surface area contributed by atoms with Crippen LogP contribution in [0.5, 0.6) is 0 Å². The summed E-state index contributed by atoms with van der Waals surface area (Å²) in [6.07, 6.45) is 4.74. The predicted molar refractivity (Wildman–Crippen MR) is 121 cm³/mol. The Morgan fingerprint density at radius 3 is 2.38 bits per heavy atom. The molecule has 3 aromatic rings. The second kappa shape index (κ2) is 10.0. The molecule has 8 nitrogen and oxygen atoms in total. The molecule has 2 heterocycles. The van der Waals surface area contributed by atoms with E-state index in [0.717, 1.165) is 37.9 Å². The number of nitrogens with one attached hydrogen (secondary N) is 3. The summed E-state index contributed by atoms with van der Waals surface area (Å²) in [7, 11) is -3.58. The van der Waals surface area contributed by atoms with Crippen LogP contribution in [0.15, 0.2) is 65.7 Å². The van der Waals surface area contributed by atoms with E-state index >= 15 is 0 Å². The fourth-order valence-corrected chi connectivity index (χ4v) is 4.49. The van der Waals surface area contributed by atoms with Gasteiger partial charge in [-0.1, -0.05) is 18.6 Å². The number of piperidine rings is 1. The number of hydrogen-bond acceptors (Lipinski definition) is 7. The molecule has 2 aromatic carbocycles. The average Bonchev–Trinajstić information content (AvgIpc) is 2.80. The molecular weight excluding hydrogens is 431 g/mol. The highest BCUT2D eigenvalue weighted by Crippen LogP contribution is 2.17. The summed E-state index contributed by atoms with van der Waals surface area (Å²) < 4.78 is 38.2. The van der Waals surface area contributed by atoms with Crippen LogP contribution in [0.1, 0.15) is 24.8 Å². The van der Waals surface area contributed by atoms with Crippen LogP contribution in [0.3, 0.4) is 0 Å². The molecule has 0 amide bonds. The maximum atomic E-state index is 13.0. The maximum absolute atomic E-state index is 13.0. The molecule has 32 heavy (non-hydrogen) atoms. The topological polar surface area (TPSA) is 99.3 Å². The number of halogens is 1. The first-order valence-electron chi connectivity index (χ1n) is 10.4. The molecule has 0 spiro atoms. The molecule has 1 fully saturated rings. The fourth-order valence-electron chi connectivity index (χ4n) is 3.37. The normalized spacial score (nSPS) is 14.8. The zero-order valence-corrected chi connectivity index (χ0v) is 18.3. The van der Waals surface area contributed by atoms with Gasteiger partial charge in [0.2, 0.25) is 5.95 Å². The first-order chi connectivity index (χ1) is 15.5. The highest BCUT2D eigenvalue weighted by Gasteiger charge is 2.19. The largest absolute Gasteiger partial charge is 0.350 e. The first-order valence-corrected chi connectivity index (χ1v) is 11.9. The Morgan fingerprint density at radius 1 is 0.938 bits per heavy atom. The van der Waals surface area contributed by atoms with Gasteiger partial charge in [-0.15, -0.1) is 4.83 Å². The van der Waals surface area contributed by atoms with Gasteiger partial charge in [0.15, 0.2) is 0 Å². The quantitative estimate of drug-likeness (QED) is 0.476. The van der Waals surface area contributed by atoms with Gasteiger partial charge in [0.25, 0.3) is 10.0 Å². The van der Waals surface area contributed by atoms with Crippen molar-refractivity contribution in [1.29, 1.82) is 0 Å². The van der Waals surface area contributed by atoms with Gasteiger partial charge in [-0.3, -0.25) is 0 Å². The molecule has 168 valence electrons. The Kier molecular flexibility index (Phi) is 6.93. The van der Waals surface area contributed by atoms with Crippen LogP contribution in [0.25, 0.3) is 0 Å². The zero-order valence-electron chi connectivity index (χ0n) is 17.5. The van der Waals surface area contributed by atoms with Crippen LogP contribution in [0, 0.1) is 5.82 Å². The Morgan fingerprint density at radius 2 is 1.66 bits per heavy atom. The van der Waals surface area contributed by atoms with E-state index in [9.17, 15) is 12.8 Å². The minimum Gasteiger partial charge on any atom is -0.350 e. The number of hydrogen-bond donors (Lipinski definition) is 3. The molecule has 0 unspecified atom stereocenters. The third-order valence-electron chi connectivity index (χ3n) is 5.06. The van der Waals surface area contributed by atoms with Crippen molar-refractivity contribution < 1.29 is 12.8 Å². The molecule has 0 atom stereocenters. The molecular formula is C22H25FN6O2S. The molecule has 0 radical (unpaired) electrons. The molecule has 1 aromatic heterocycles. The SMILES string of the molecule is O=S(=O)(NN1CCCCC1)c1ccc(CNc2nccc(Nc3ccc(F)cc3)n2)cc1. The van der Waals surface area contributed by atoms with Crippen molar-refractivity contribution in [2.75, 3.05) is 23.7 Å². The third-order valence-corrected chi connectivity index (χ3v) is 6.45. The summed E-state index contributed by atoms with van der Waals surface area (Å²) in [5.74, 6) is 0.682. The molecule has 0 aliphatic carbocycles. The minimum atomic E-state index is -3.58. The highest BCUT2D eigenvalue weighted by molar-refractivity contribution is 7.89. The molecule has 1 saturated heterocycles.